The number of hydrogen-bond donors (Lipinski definition) is 0. The molecule has 0 unspecified atom stereocenters. The van der Waals surface area contributed by atoms with Crippen LogP contribution in [0.5, 0.6) is 0 Å². The van der Waals surface area contributed by atoms with Crippen LogP contribution in [0.15, 0.2) is 164 Å². The minimum absolute atomic E-state index is 0.121. The van der Waals surface area contributed by atoms with Crippen LogP contribution in [0.2, 0.25) is 0 Å². The van der Waals surface area contributed by atoms with Crippen molar-refractivity contribution < 1.29 is 0 Å². The average molecular weight is 564 g/mol. The van der Waals surface area contributed by atoms with E-state index in [4.69, 9.17) is 0 Å². The molecule has 1 nitrogen and oxygen atoms in total. The van der Waals surface area contributed by atoms with E-state index in [1.807, 2.05) is 0 Å². The van der Waals surface area contributed by atoms with Gasteiger partial charge in [-0.2, -0.15) is 0 Å². The maximum atomic E-state index is 2.43. The van der Waals surface area contributed by atoms with E-state index in [1.54, 1.807) is 0 Å². The van der Waals surface area contributed by atoms with Gasteiger partial charge in [-0.1, -0.05) is 141 Å². The fraction of sp³-hybridized carbons (Fsp3) is 0.0698. The molecule has 0 atom stereocenters. The third kappa shape index (κ3) is 4.24. The van der Waals surface area contributed by atoms with Gasteiger partial charge in [-0.3, -0.25) is 0 Å². The SMILES string of the molecule is CC1(C)c2ccc(-c3ccccc3)cc2-c2ccc(N(c3ccccc3)c3ccc4ccccc4c3-c3ccccc3)cc21. The fourth-order valence-electron chi connectivity index (χ4n) is 7.05. The van der Waals surface area contributed by atoms with Crippen LogP contribution < -0.4 is 4.90 Å². The highest BCUT2D eigenvalue weighted by atomic mass is 15.1. The summed E-state index contributed by atoms with van der Waals surface area (Å²) in [6.07, 6.45) is 0. The van der Waals surface area contributed by atoms with Crippen molar-refractivity contribution in [1.29, 1.82) is 0 Å². The predicted octanol–water partition coefficient (Wildman–Crippen LogP) is 11.9. The number of hydrogen-bond acceptors (Lipinski definition) is 1. The van der Waals surface area contributed by atoms with E-state index in [-0.39, 0.29) is 5.41 Å². The first-order chi connectivity index (χ1) is 21.6. The van der Waals surface area contributed by atoms with Gasteiger partial charge in [0.2, 0.25) is 0 Å². The van der Waals surface area contributed by atoms with Crippen LogP contribution in [-0.4, -0.2) is 0 Å². The van der Waals surface area contributed by atoms with Gasteiger partial charge in [0, 0.05) is 22.4 Å². The molecule has 0 N–H and O–H groups in total. The van der Waals surface area contributed by atoms with Gasteiger partial charge in [-0.15, -0.1) is 0 Å². The van der Waals surface area contributed by atoms with Gasteiger partial charge in [-0.25, -0.2) is 0 Å². The Balaban J connectivity index is 1.34. The zero-order valence-electron chi connectivity index (χ0n) is 25.0. The number of benzene rings is 7. The predicted molar refractivity (Wildman–Crippen MR) is 187 cm³/mol. The molecule has 0 aromatic heterocycles. The first-order valence-electron chi connectivity index (χ1n) is 15.4. The van der Waals surface area contributed by atoms with E-state index < -0.39 is 0 Å². The second kappa shape index (κ2) is 10.4. The molecule has 0 spiro atoms. The van der Waals surface area contributed by atoms with Crippen molar-refractivity contribution >= 4 is 27.8 Å². The van der Waals surface area contributed by atoms with E-state index in [0.29, 0.717) is 0 Å². The molecule has 0 saturated carbocycles. The Morgan fingerprint density at radius 3 is 1.84 bits per heavy atom. The Labute approximate surface area is 259 Å². The molecular weight excluding hydrogens is 530 g/mol. The number of fused-ring (bicyclic) bond motifs is 4. The number of anilines is 3. The Kier molecular flexibility index (Phi) is 6.20. The van der Waals surface area contributed by atoms with Crippen molar-refractivity contribution in [3.05, 3.63) is 175 Å². The van der Waals surface area contributed by atoms with Crippen molar-refractivity contribution in [2.45, 2.75) is 19.3 Å². The lowest BCUT2D eigenvalue weighted by Gasteiger charge is -2.30. The lowest BCUT2D eigenvalue weighted by molar-refractivity contribution is 0.660. The van der Waals surface area contributed by atoms with Crippen LogP contribution in [0, 0.1) is 0 Å². The normalized spacial score (nSPS) is 13.0. The number of rotatable bonds is 5. The molecule has 0 fully saturated rings. The first kappa shape index (κ1) is 26.2. The number of para-hydroxylation sites is 1. The summed E-state index contributed by atoms with van der Waals surface area (Å²) in [5.41, 5.74) is 13.7. The zero-order chi connectivity index (χ0) is 29.7. The van der Waals surface area contributed by atoms with Crippen LogP contribution in [0.1, 0.15) is 25.0 Å². The van der Waals surface area contributed by atoms with Crippen molar-refractivity contribution in [2.75, 3.05) is 4.90 Å². The number of nitrogens with zero attached hydrogens (tertiary/aromatic N) is 1. The molecule has 7 aromatic carbocycles. The van der Waals surface area contributed by atoms with E-state index >= 15 is 0 Å². The standard InChI is InChI=1S/C43H33N/c1-43(2)39-26-22-33(30-14-6-3-7-15-30)28-38(39)37-25-24-35(29-40(37)43)44(34-19-10-5-11-20-34)41-27-23-31-16-12-13-21-36(31)42(41)32-17-8-4-9-18-32/h3-29H,1-2H3. The second-order valence-electron chi connectivity index (χ2n) is 12.2. The van der Waals surface area contributed by atoms with Gasteiger partial charge >= 0.3 is 0 Å². The zero-order valence-corrected chi connectivity index (χ0v) is 25.0. The Hall–Kier alpha value is -5.40. The van der Waals surface area contributed by atoms with E-state index in [2.05, 4.69) is 183 Å². The summed E-state index contributed by atoms with van der Waals surface area (Å²) in [5.74, 6) is 0. The fourth-order valence-corrected chi connectivity index (χ4v) is 7.05. The third-order valence-corrected chi connectivity index (χ3v) is 9.25. The van der Waals surface area contributed by atoms with Crippen LogP contribution >= 0.6 is 0 Å². The van der Waals surface area contributed by atoms with Gasteiger partial charge in [0.1, 0.15) is 0 Å². The Bertz CT molecular complexity index is 2130. The van der Waals surface area contributed by atoms with Gasteiger partial charge in [0.25, 0.3) is 0 Å². The molecule has 0 heterocycles. The van der Waals surface area contributed by atoms with Crippen molar-refractivity contribution in [3.8, 4) is 33.4 Å². The third-order valence-electron chi connectivity index (χ3n) is 9.25. The molecule has 7 aromatic rings. The summed E-state index contributed by atoms with van der Waals surface area (Å²) in [6, 6.07) is 59.6. The summed E-state index contributed by atoms with van der Waals surface area (Å²) in [7, 11) is 0. The minimum Gasteiger partial charge on any atom is -0.310 e. The van der Waals surface area contributed by atoms with Gasteiger partial charge < -0.3 is 4.90 Å². The summed E-state index contributed by atoms with van der Waals surface area (Å²) < 4.78 is 0. The molecular formula is C43H33N. The molecule has 1 aliphatic rings. The second-order valence-corrected chi connectivity index (χ2v) is 12.2. The highest BCUT2D eigenvalue weighted by molar-refractivity contribution is 6.05. The first-order valence-corrected chi connectivity index (χ1v) is 15.4. The maximum Gasteiger partial charge on any atom is 0.0546 e. The largest absolute Gasteiger partial charge is 0.310 e. The smallest absolute Gasteiger partial charge is 0.0546 e. The molecule has 210 valence electrons. The average Bonchev–Trinajstić information content (AvgIpc) is 3.31. The van der Waals surface area contributed by atoms with E-state index in [1.165, 1.54) is 61.0 Å². The minimum atomic E-state index is -0.121. The molecule has 44 heavy (non-hydrogen) atoms. The topological polar surface area (TPSA) is 3.24 Å². The maximum absolute atomic E-state index is 2.43. The molecule has 0 bridgehead atoms. The summed E-state index contributed by atoms with van der Waals surface area (Å²) in [5, 5.41) is 2.49. The molecule has 8 rings (SSSR count). The summed E-state index contributed by atoms with van der Waals surface area (Å²) >= 11 is 0. The molecule has 0 saturated heterocycles. The van der Waals surface area contributed by atoms with Crippen molar-refractivity contribution in [1.82, 2.24) is 0 Å². The van der Waals surface area contributed by atoms with Crippen LogP contribution in [0.25, 0.3) is 44.2 Å². The molecule has 0 radical (unpaired) electrons. The molecule has 0 amide bonds. The van der Waals surface area contributed by atoms with E-state index in [9.17, 15) is 0 Å². The lowest BCUT2D eigenvalue weighted by atomic mass is 9.82. The highest BCUT2D eigenvalue weighted by Crippen LogP contribution is 2.52. The van der Waals surface area contributed by atoms with Gasteiger partial charge in [-0.05, 0) is 86.1 Å². The summed E-state index contributed by atoms with van der Waals surface area (Å²) in [6.45, 7) is 4.73. The summed E-state index contributed by atoms with van der Waals surface area (Å²) in [4.78, 5) is 2.43. The highest BCUT2D eigenvalue weighted by Gasteiger charge is 2.36. The molecule has 0 aliphatic heterocycles. The van der Waals surface area contributed by atoms with Crippen molar-refractivity contribution in [3.63, 3.8) is 0 Å². The lowest BCUT2D eigenvalue weighted by Crippen LogP contribution is -2.17. The van der Waals surface area contributed by atoms with Crippen LogP contribution in [0.3, 0.4) is 0 Å². The molecule has 1 aliphatic carbocycles. The quantitative estimate of drug-likeness (QED) is 0.201. The monoisotopic (exact) mass is 563 g/mol. The Morgan fingerprint density at radius 1 is 0.432 bits per heavy atom. The molecule has 1 heteroatoms. The van der Waals surface area contributed by atoms with Gasteiger partial charge in [0.15, 0.2) is 0 Å². The van der Waals surface area contributed by atoms with Gasteiger partial charge in [0.05, 0.1) is 5.69 Å². The van der Waals surface area contributed by atoms with Crippen molar-refractivity contribution in [2.24, 2.45) is 0 Å². The Morgan fingerprint density at radius 2 is 1.09 bits per heavy atom. The van der Waals surface area contributed by atoms with E-state index in [0.717, 1.165) is 11.4 Å². The van der Waals surface area contributed by atoms with Crippen LogP contribution in [0.4, 0.5) is 17.1 Å². The van der Waals surface area contributed by atoms with Crippen LogP contribution in [-0.2, 0) is 5.41 Å².